The lowest BCUT2D eigenvalue weighted by Crippen LogP contribution is -2.49. The number of carbonyl (C=O) groups is 1. The van der Waals surface area contributed by atoms with E-state index in [4.69, 9.17) is 4.74 Å². The van der Waals surface area contributed by atoms with Crippen LogP contribution in [0.1, 0.15) is 33.6 Å². The van der Waals surface area contributed by atoms with E-state index in [0.29, 0.717) is 18.7 Å². The molecule has 0 aromatic carbocycles. The van der Waals surface area contributed by atoms with E-state index >= 15 is 0 Å². The van der Waals surface area contributed by atoms with E-state index in [1.54, 1.807) is 0 Å². The van der Waals surface area contributed by atoms with Gasteiger partial charge in [0.1, 0.15) is 0 Å². The Morgan fingerprint density at radius 1 is 1.47 bits per heavy atom. The fourth-order valence-electron chi connectivity index (χ4n) is 1.71. The number of ether oxygens (including phenoxy) is 1. The fourth-order valence-corrected chi connectivity index (χ4v) is 1.71. The van der Waals surface area contributed by atoms with Gasteiger partial charge < -0.3 is 15.4 Å². The molecule has 15 heavy (non-hydrogen) atoms. The molecular formula is C11H22N2O2. The van der Waals surface area contributed by atoms with Crippen molar-refractivity contribution in [3.8, 4) is 0 Å². The van der Waals surface area contributed by atoms with Crippen LogP contribution in [0.3, 0.4) is 0 Å². The van der Waals surface area contributed by atoms with Gasteiger partial charge in [-0.1, -0.05) is 0 Å². The molecule has 4 nitrogen and oxygen atoms in total. The molecule has 2 N–H and O–H groups in total. The lowest BCUT2D eigenvalue weighted by atomic mass is 9.89. The van der Waals surface area contributed by atoms with Crippen LogP contribution in [0.15, 0.2) is 0 Å². The van der Waals surface area contributed by atoms with Crippen molar-refractivity contribution >= 4 is 5.91 Å². The molecule has 88 valence electrons. The molecule has 0 aromatic rings. The van der Waals surface area contributed by atoms with Gasteiger partial charge in [-0.25, -0.2) is 0 Å². The lowest BCUT2D eigenvalue weighted by molar-refractivity contribution is -0.121. The minimum absolute atomic E-state index is 0.0739. The van der Waals surface area contributed by atoms with E-state index in [9.17, 15) is 4.79 Å². The van der Waals surface area contributed by atoms with Crippen LogP contribution in [0.5, 0.6) is 0 Å². The van der Waals surface area contributed by atoms with E-state index in [1.807, 2.05) is 20.8 Å². The summed E-state index contributed by atoms with van der Waals surface area (Å²) >= 11 is 0. The topological polar surface area (TPSA) is 50.4 Å². The standard InChI is InChI=1S/C11H22N2O2/c1-4-15-10-5-9(6-10)12-7-11(14)13-8(2)3/h8-10,12H,4-7H2,1-3H3,(H,13,14). The van der Waals surface area contributed by atoms with Crippen LogP contribution in [-0.4, -0.2) is 37.2 Å². The minimum atomic E-state index is 0.0739. The Morgan fingerprint density at radius 2 is 2.13 bits per heavy atom. The molecule has 1 aliphatic carbocycles. The molecule has 4 heteroatoms. The first-order valence-corrected chi connectivity index (χ1v) is 5.76. The van der Waals surface area contributed by atoms with E-state index in [1.165, 1.54) is 0 Å². The van der Waals surface area contributed by atoms with Gasteiger partial charge in [0.2, 0.25) is 5.91 Å². The zero-order valence-corrected chi connectivity index (χ0v) is 9.88. The summed E-state index contributed by atoms with van der Waals surface area (Å²) in [7, 11) is 0. The highest BCUT2D eigenvalue weighted by Gasteiger charge is 2.29. The monoisotopic (exact) mass is 214 g/mol. The summed E-state index contributed by atoms with van der Waals surface area (Å²) in [6, 6.07) is 0.677. The van der Waals surface area contributed by atoms with Crippen LogP contribution < -0.4 is 10.6 Å². The van der Waals surface area contributed by atoms with Crippen LogP contribution in [0.4, 0.5) is 0 Å². The average Bonchev–Trinajstić information content (AvgIpc) is 2.07. The first-order valence-electron chi connectivity index (χ1n) is 5.76. The molecule has 0 saturated heterocycles. The van der Waals surface area contributed by atoms with Gasteiger partial charge in [-0.3, -0.25) is 4.79 Å². The highest BCUT2D eigenvalue weighted by atomic mass is 16.5. The van der Waals surface area contributed by atoms with Crippen LogP contribution in [-0.2, 0) is 9.53 Å². The van der Waals surface area contributed by atoms with E-state index in [0.717, 1.165) is 19.4 Å². The highest BCUT2D eigenvalue weighted by molar-refractivity contribution is 5.78. The highest BCUT2D eigenvalue weighted by Crippen LogP contribution is 2.22. The maximum absolute atomic E-state index is 11.3. The van der Waals surface area contributed by atoms with Gasteiger partial charge in [-0.15, -0.1) is 0 Å². The number of hydrogen-bond donors (Lipinski definition) is 2. The molecule has 0 heterocycles. The molecule has 0 aromatic heterocycles. The Labute approximate surface area is 91.8 Å². The van der Waals surface area contributed by atoms with Gasteiger partial charge in [0.05, 0.1) is 12.6 Å². The van der Waals surface area contributed by atoms with Crippen LogP contribution in [0.25, 0.3) is 0 Å². The van der Waals surface area contributed by atoms with Crippen molar-refractivity contribution in [1.29, 1.82) is 0 Å². The van der Waals surface area contributed by atoms with E-state index in [-0.39, 0.29) is 11.9 Å². The Morgan fingerprint density at radius 3 is 2.67 bits per heavy atom. The van der Waals surface area contributed by atoms with Gasteiger partial charge in [0, 0.05) is 18.7 Å². The van der Waals surface area contributed by atoms with Gasteiger partial charge in [-0.05, 0) is 33.6 Å². The average molecular weight is 214 g/mol. The van der Waals surface area contributed by atoms with Gasteiger partial charge in [-0.2, -0.15) is 0 Å². The largest absolute Gasteiger partial charge is 0.378 e. The Kier molecular flexibility index (Phi) is 5.05. The summed E-state index contributed by atoms with van der Waals surface area (Å²) in [5.74, 6) is 0.0739. The van der Waals surface area contributed by atoms with Crippen molar-refractivity contribution in [2.75, 3.05) is 13.2 Å². The molecule has 0 bridgehead atoms. The van der Waals surface area contributed by atoms with Crippen molar-refractivity contribution in [3.05, 3.63) is 0 Å². The zero-order chi connectivity index (χ0) is 11.3. The second kappa shape index (κ2) is 6.08. The van der Waals surface area contributed by atoms with Crippen LogP contribution in [0, 0.1) is 0 Å². The molecule has 0 spiro atoms. The van der Waals surface area contributed by atoms with Gasteiger partial charge >= 0.3 is 0 Å². The lowest BCUT2D eigenvalue weighted by Gasteiger charge is -2.35. The van der Waals surface area contributed by atoms with E-state index in [2.05, 4.69) is 10.6 Å². The van der Waals surface area contributed by atoms with Crippen molar-refractivity contribution in [2.45, 2.75) is 51.8 Å². The first-order chi connectivity index (χ1) is 7.11. The van der Waals surface area contributed by atoms with Gasteiger partial charge in [0.25, 0.3) is 0 Å². The molecule has 1 aliphatic rings. The Balaban J connectivity index is 2.00. The van der Waals surface area contributed by atoms with Crippen LogP contribution in [0.2, 0.25) is 0 Å². The van der Waals surface area contributed by atoms with Gasteiger partial charge in [0.15, 0.2) is 0 Å². The maximum Gasteiger partial charge on any atom is 0.234 e. The molecule has 1 saturated carbocycles. The van der Waals surface area contributed by atoms with Crippen molar-refractivity contribution < 1.29 is 9.53 Å². The molecule has 0 atom stereocenters. The molecular weight excluding hydrogens is 192 g/mol. The normalized spacial score (nSPS) is 25.1. The van der Waals surface area contributed by atoms with E-state index < -0.39 is 0 Å². The quantitative estimate of drug-likeness (QED) is 0.683. The number of hydrogen-bond acceptors (Lipinski definition) is 3. The molecule has 0 radical (unpaired) electrons. The Hall–Kier alpha value is -0.610. The molecule has 1 rings (SSSR count). The summed E-state index contributed by atoms with van der Waals surface area (Å²) in [4.78, 5) is 11.3. The predicted molar refractivity (Wildman–Crippen MR) is 59.7 cm³/mol. The third-order valence-electron chi connectivity index (χ3n) is 2.50. The summed E-state index contributed by atoms with van der Waals surface area (Å²) in [6.45, 7) is 7.14. The first kappa shape index (κ1) is 12.5. The zero-order valence-electron chi connectivity index (χ0n) is 9.88. The SMILES string of the molecule is CCOC1CC(NCC(=O)NC(C)C)C1. The third kappa shape index (κ3) is 4.62. The van der Waals surface area contributed by atoms with Crippen LogP contribution >= 0.6 is 0 Å². The fraction of sp³-hybridized carbons (Fsp3) is 0.909. The number of rotatable bonds is 6. The molecule has 1 fully saturated rings. The smallest absolute Gasteiger partial charge is 0.234 e. The Bertz CT molecular complexity index is 201. The minimum Gasteiger partial charge on any atom is -0.378 e. The van der Waals surface area contributed by atoms with Crippen molar-refractivity contribution in [2.24, 2.45) is 0 Å². The summed E-state index contributed by atoms with van der Waals surface area (Å²) in [6.07, 6.45) is 2.46. The second-order valence-corrected chi connectivity index (χ2v) is 4.35. The predicted octanol–water partition coefficient (Wildman–Crippen LogP) is 0.668. The maximum atomic E-state index is 11.3. The summed E-state index contributed by atoms with van der Waals surface area (Å²) in [5.41, 5.74) is 0. The molecule has 0 unspecified atom stereocenters. The number of nitrogens with one attached hydrogen (secondary N) is 2. The second-order valence-electron chi connectivity index (χ2n) is 4.35. The number of carbonyl (C=O) groups excluding carboxylic acids is 1. The summed E-state index contributed by atoms with van der Waals surface area (Å²) in [5, 5.41) is 6.07. The molecule has 0 aliphatic heterocycles. The van der Waals surface area contributed by atoms with Crippen molar-refractivity contribution in [3.63, 3.8) is 0 Å². The molecule has 1 amide bonds. The van der Waals surface area contributed by atoms with Crippen molar-refractivity contribution in [1.82, 2.24) is 10.6 Å². The summed E-state index contributed by atoms with van der Waals surface area (Å²) < 4.78 is 5.44. The third-order valence-corrected chi connectivity index (χ3v) is 2.50. The number of amides is 1.